The van der Waals surface area contributed by atoms with Crippen LogP contribution in [0.15, 0.2) is 35.2 Å². The highest BCUT2D eigenvalue weighted by Crippen LogP contribution is 2.28. The molecule has 6 heteroatoms. The average Bonchev–Trinajstić information content (AvgIpc) is 2.75. The van der Waals surface area contributed by atoms with E-state index in [1.54, 1.807) is 18.5 Å². The lowest BCUT2D eigenvalue weighted by atomic mass is 10.2. The maximum absolute atomic E-state index is 5.88. The zero-order valence-electron chi connectivity index (χ0n) is 9.43. The smallest absolute Gasteiger partial charge is 0.159 e. The zero-order valence-corrected chi connectivity index (χ0v) is 11.8. The minimum atomic E-state index is 0.433. The predicted octanol–water partition coefficient (Wildman–Crippen LogP) is 3.45. The highest BCUT2D eigenvalue weighted by Gasteiger charge is 2.11. The van der Waals surface area contributed by atoms with Gasteiger partial charge in [-0.3, -0.25) is 0 Å². The molecule has 3 heterocycles. The number of hydrogen-bond acceptors (Lipinski definition) is 3. The number of halogens is 2. The largest absolute Gasteiger partial charge is 0.333 e. The molecule has 0 aliphatic carbocycles. The van der Waals surface area contributed by atoms with Crippen LogP contribution in [-0.2, 0) is 7.05 Å². The summed E-state index contributed by atoms with van der Waals surface area (Å²) in [5.41, 5.74) is 1.59. The third-order valence-electron chi connectivity index (χ3n) is 2.65. The van der Waals surface area contributed by atoms with Crippen molar-refractivity contribution in [2.24, 2.45) is 7.05 Å². The van der Waals surface area contributed by atoms with Gasteiger partial charge in [0.15, 0.2) is 5.82 Å². The Balaban J connectivity index is 2.30. The lowest BCUT2D eigenvalue weighted by Crippen LogP contribution is -1.96. The number of imidazole rings is 1. The molecule has 3 aromatic rings. The molecule has 0 spiro atoms. The van der Waals surface area contributed by atoms with Crippen molar-refractivity contribution in [2.45, 2.75) is 0 Å². The Morgan fingerprint density at radius 3 is 2.83 bits per heavy atom. The Morgan fingerprint density at radius 1 is 1.28 bits per heavy atom. The third kappa shape index (κ3) is 1.89. The summed E-state index contributed by atoms with van der Waals surface area (Å²) in [7, 11) is 1.93. The van der Waals surface area contributed by atoms with Gasteiger partial charge >= 0.3 is 0 Å². The molecule has 4 nitrogen and oxygen atoms in total. The van der Waals surface area contributed by atoms with Crippen LogP contribution in [-0.4, -0.2) is 19.5 Å². The van der Waals surface area contributed by atoms with Crippen LogP contribution in [0.3, 0.4) is 0 Å². The lowest BCUT2D eigenvalue weighted by Gasteiger charge is -2.06. The SMILES string of the molecule is Cn1ccnc1-c1nc2cc(Cl)ncc2cc1Br. The van der Waals surface area contributed by atoms with E-state index in [4.69, 9.17) is 11.6 Å². The summed E-state index contributed by atoms with van der Waals surface area (Å²) >= 11 is 9.40. The molecule has 0 radical (unpaired) electrons. The molecule has 3 aromatic heterocycles. The molecule has 0 atom stereocenters. The first-order valence-corrected chi connectivity index (χ1v) is 6.42. The van der Waals surface area contributed by atoms with Crippen molar-refractivity contribution in [2.75, 3.05) is 0 Å². The van der Waals surface area contributed by atoms with E-state index in [1.807, 2.05) is 23.9 Å². The van der Waals surface area contributed by atoms with Gasteiger partial charge in [-0.1, -0.05) is 11.6 Å². The number of fused-ring (bicyclic) bond motifs is 1. The molecule has 0 N–H and O–H groups in total. The van der Waals surface area contributed by atoms with Gasteiger partial charge in [0, 0.05) is 41.6 Å². The standard InChI is InChI=1S/C12H8BrClN4/c1-18-3-2-15-12(18)11-8(13)4-7-6-16-10(14)5-9(7)17-11/h2-6H,1H3. The predicted molar refractivity (Wildman–Crippen MR) is 74.5 cm³/mol. The first-order valence-electron chi connectivity index (χ1n) is 5.24. The molecule has 0 saturated carbocycles. The summed E-state index contributed by atoms with van der Waals surface area (Å²) in [6.45, 7) is 0. The Bertz CT molecular complexity index is 738. The van der Waals surface area contributed by atoms with Crippen molar-refractivity contribution in [3.63, 3.8) is 0 Å². The van der Waals surface area contributed by atoms with Crippen molar-refractivity contribution in [1.82, 2.24) is 19.5 Å². The van der Waals surface area contributed by atoms with Crippen molar-refractivity contribution in [1.29, 1.82) is 0 Å². The van der Waals surface area contributed by atoms with Crippen LogP contribution in [0.2, 0.25) is 5.15 Å². The van der Waals surface area contributed by atoms with E-state index in [2.05, 4.69) is 30.9 Å². The minimum absolute atomic E-state index is 0.433. The van der Waals surface area contributed by atoms with Crippen LogP contribution in [0.25, 0.3) is 22.4 Å². The van der Waals surface area contributed by atoms with E-state index in [0.29, 0.717) is 5.15 Å². The molecule has 0 aliphatic heterocycles. The lowest BCUT2D eigenvalue weighted by molar-refractivity contribution is 0.918. The summed E-state index contributed by atoms with van der Waals surface area (Å²) in [4.78, 5) is 12.9. The fourth-order valence-corrected chi connectivity index (χ4v) is 2.43. The van der Waals surface area contributed by atoms with Gasteiger partial charge < -0.3 is 4.57 Å². The Labute approximate surface area is 117 Å². The van der Waals surface area contributed by atoms with Crippen LogP contribution < -0.4 is 0 Å². The number of aromatic nitrogens is 4. The first kappa shape index (κ1) is 11.6. The van der Waals surface area contributed by atoms with Crippen LogP contribution in [0, 0.1) is 0 Å². The Morgan fingerprint density at radius 2 is 2.11 bits per heavy atom. The van der Waals surface area contributed by atoms with Crippen molar-refractivity contribution in [3.05, 3.63) is 40.3 Å². The normalized spacial score (nSPS) is 11.1. The number of hydrogen-bond donors (Lipinski definition) is 0. The summed E-state index contributed by atoms with van der Waals surface area (Å²) < 4.78 is 2.80. The Kier molecular flexibility index (Phi) is 2.80. The molecule has 0 saturated heterocycles. The van der Waals surface area contributed by atoms with Crippen LogP contribution in [0.5, 0.6) is 0 Å². The average molecular weight is 324 g/mol. The summed E-state index contributed by atoms with van der Waals surface area (Å²) in [5.74, 6) is 0.803. The summed E-state index contributed by atoms with van der Waals surface area (Å²) in [6, 6.07) is 3.71. The molecule has 0 aromatic carbocycles. The molecule has 0 bridgehead atoms. The molecule has 0 amide bonds. The minimum Gasteiger partial charge on any atom is -0.333 e. The van der Waals surface area contributed by atoms with E-state index >= 15 is 0 Å². The highest BCUT2D eigenvalue weighted by molar-refractivity contribution is 9.10. The van der Waals surface area contributed by atoms with Gasteiger partial charge in [0.25, 0.3) is 0 Å². The molecule has 0 aliphatic rings. The summed E-state index contributed by atoms with van der Waals surface area (Å²) in [5, 5.41) is 1.37. The van der Waals surface area contributed by atoms with Crippen LogP contribution >= 0.6 is 27.5 Å². The Hall–Kier alpha value is -1.46. The fraction of sp³-hybridized carbons (Fsp3) is 0.0833. The first-order chi connectivity index (χ1) is 8.65. The molecule has 3 rings (SSSR count). The second kappa shape index (κ2) is 4.33. The number of pyridine rings is 2. The van der Waals surface area contributed by atoms with Crippen molar-refractivity contribution < 1.29 is 0 Å². The molecular weight excluding hydrogens is 316 g/mol. The van der Waals surface area contributed by atoms with Crippen LogP contribution in [0.1, 0.15) is 0 Å². The molecule has 90 valence electrons. The monoisotopic (exact) mass is 322 g/mol. The maximum Gasteiger partial charge on any atom is 0.159 e. The van der Waals surface area contributed by atoms with E-state index in [0.717, 1.165) is 26.9 Å². The number of nitrogens with zero attached hydrogens (tertiary/aromatic N) is 4. The van der Waals surface area contributed by atoms with Gasteiger partial charge in [-0.15, -0.1) is 0 Å². The van der Waals surface area contributed by atoms with Gasteiger partial charge in [0.2, 0.25) is 0 Å². The van der Waals surface area contributed by atoms with Crippen molar-refractivity contribution in [3.8, 4) is 11.5 Å². The second-order valence-electron chi connectivity index (χ2n) is 3.88. The van der Waals surface area contributed by atoms with Gasteiger partial charge in [-0.05, 0) is 22.0 Å². The zero-order chi connectivity index (χ0) is 12.7. The number of aryl methyl sites for hydroxylation is 1. The molecule has 0 fully saturated rings. The molecule has 0 unspecified atom stereocenters. The second-order valence-corrected chi connectivity index (χ2v) is 5.12. The maximum atomic E-state index is 5.88. The van der Waals surface area contributed by atoms with Gasteiger partial charge in [-0.25, -0.2) is 15.0 Å². The van der Waals surface area contributed by atoms with Gasteiger partial charge in [0.1, 0.15) is 10.8 Å². The van der Waals surface area contributed by atoms with E-state index in [1.165, 1.54) is 0 Å². The molecular formula is C12H8BrClN4. The van der Waals surface area contributed by atoms with E-state index < -0.39 is 0 Å². The van der Waals surface area contributed by atoms with Crippen LogP contribution in [0.4, 0.5) is 0 Å². The van der Waals surface area contributed by atoms with Gasteiger partial charge in [-0.2, -0.15) is 0 Å². The highest BCUT2D eigenvalue weighted by atomic mass is 79.9. The van der Waals surface area contributed by atoms with E-state index in [9.17, 15) is 0 Å². The number of rotatable bonds is 1. The van der Waals surface area contributed by atoms with E-state index in [-0.39, 0.29) is 0 Å². The molecule has 18 heavy (non-hydrogen) atoms. The van der Waals surface area contributed by atoms with Gasteiger partial charge in [0.05, 0.1) is 5.52 Å². The topological polar surface area (TPSA) is 43.6 Å². The van der Waals surface area contributed by atoms with Crippen molar-refractivity contribution >= 4 is 38.4 Å². The fourth-order valence-electron chi connectivity index (χ4n) is 1.77. The summed E-state index contributed by atoms with van der Waals surface area (Å²) in [6.07, 6.45) is 5.33. The third-order valence-corrected chi connectivity index (χ3v) is 3.46. The quantitative estimate of drug-likeness (QED) is 0.644.